The first-order valence-corrected chi connectivity index (χ1v) is 14.6. The second-order valence-corrected chi connectivity index (χ2v) is 11.2. The summed E-state index contributed by atoms with van der Waals surface area (Å²) in [4.78, 5) is 34.3. The van der Waals surface area contributed by atoms with Gasteiger partial charge in [-0.2, -0.15) is 0 Å². The van der Waals surface area contributed by atoms with Crippen molar-refractivity contribution in [3.05, 3.63) is 48.2 Å². The summed E-state index contributed by atoms with van der Waals surface area (Å²) in [7, 11) is 0. The molecule has 1 aromatic carbocycles. The molecule has 0 spiro atoms. The number of ether oxygens (including phenoxy) is 3. The van der Waals surface area contributed by atoms with E-state index in [0.29, 0.717) is 47.5 Å². The molecule has 1 amide bonds. The summed E-state index contributed by atoms with van der Waals surface area (Å²) in [5.74, 6) is 0.425. The number of H-pyrrole nitrogens is 1. The first kappa shape index (κ1) is 29.0. The number of rotatable bonds is 11. The monoisotopic (exact) mass is 591 g/mol. The van der Waals surface area contributed by atoms with E-state index in [0.717, 1.165) is 39.0 Å². The molecule has 3 N–H and O–H groups in total. The maximum Gasteiger partial charge on any atom is 0.281 e. The number of aliphatic imine (C=N–C) groups is 1. The van der Waals surface area contributed by atoms with Crippen molar-refractivity contribution in [2.75, 3.05) is 51.3 Å². The van der Waals surface area contributed by atoms with Gasteiger partial charge in [0.1, 0.15) is 12.4 Å². The Hall–Kier alpha value is -4.07. The molecule has 2 saturated heterocycles. The van der Waals surface area contributed by atoms with Crippen molar-refractivity contribution >= 4 is 24.4 Å². The van der Waals surface area contributed by atoms with Gasteiger partial charge in [-0.3, -0.25) is 9.37 Å². The molecule has 2 aromatic heterocycles. The summed E-state index contributed by atoms with van der Waals surface area (Å²) < 4.78 is 33.6. The molecule has 0 bridgehead atoms. The minimum atomic E-state index is -0.850. The molecule has 3 aromatic rings. The largest absolute Gasteiger partial charge is 0.376 e. The highest BCUT2D eigenvalue weighted by molar-refractivity contribution is 5.82. The van der Waals surface area contributed by atoms with Crippen LogP contribution in [-0.4, -0.2) is 95.1 Å². The number of nitrogens with one attached hydrogen (secondary N) is 3. The number of hydrogen-bond acceptors (Lipinski definition) is 9. The van der Waals surface area contributed by atoms with E-state index in [2.05, 4.69) is 30.2 Å². The Labute approximate surface area is 248 Å². The number of nitrogens with zero attached hydrogens (tertiary/aromatic N) is 5. The lowest BCUT2D eigenvalue weighted by atomic mass is 9.91. The number of amides is 1. The van der Waals surface area contributed by atoms with Gasteiger partial charge in [0.2, 0.25) is 18.1 Å². The molecule has 3 aliphatic heterocycles. The Balaban J connectivity index is 1.16. The van der Waals surface area contributed by atoms with Gasteiger partial charge in [-0.05, 0) is 50.1 Å². The number of carbonyl (C=O) groups excluding carboxylic acids is 1. The van der Waals surface area contributed by atoms with E-state index in [1.165, 1.54) is 12.1 Å². The Morgan fingerprint density at radius 2 is 2.00 bits per heavy atom. The van der Waals surface area contributed by atoms with Crippen LogP contribution in [-0.2, 0) is 19.0 Å². The van der Waals surface area contributed by atoms with Crippen molar-refractivity contribution in [2.45, 2.75) is 38.6 Å². The molecule has 226 valence electrons. The lowest BCUT2D eigenvalue weighted by Crippen LogP contribution is -2.49. The van der Waals surface area contributed by atoms with E-state index in [1.54, 1.807) is 24.4 Å². The van der Waals surface area contributed by atoms with Gasteiger partial charge < -0.3 is 29.8 Å². The summed E-state index contributed by atoms with van der Waals surface area (Å²) in [5, 5.41) is 6.26. The maximum atomic E-state index is 13.8. The van der Waals surface area contributed by atoms with Gasteiger partial charge in [-0.25, -0.2) is 19.3 Å². The lowest BCUT2D eigenvalue weighted by Gasteiger charge is -2.35. The van der Waals surface area contributed by atoms with Gasteiger partial charge in [0.15, 0.2) is 12.0 Å². The Morgan fingerprint density at radius 1 is 1.16 bits per heavy atom. The summed E-state index contributed by atoms with van der Waals surface area (Å²) in [6.45, 7) is 5.73. The van der Waals surface area contributed by atoms with Gasteiger partial charge in [0.05, 0.1) is 48.4 Å². The third-order valence-corrected chi connectivity index (χ3v) is 7.70. The molecular weight excluding hydrogens is 555 g/mol. The van der Waals surface area contributed by atoms with Crippen molar-refractivity contribution in [1.29, 1.82) is 0 Å². The zero-order valence-corrected chi connectivity index (χ0v) is 24.1. The topological polar surface area (TPSA) is 139 Å². The van der Waals surface area contributed by atoms with Gasteiger partial charge in [-0.15, -0.1) is 0 Å². The normalized spacial score (nSPS) is 23.3. The molecule has 3 aliphatic rings. The number of aromatic nitrogens is 4. The van der Waals surface area contributed by atoms with Crippen LogP contribution in [0.4, 0.5) is 10.3 Å². The lowest BCUT2D eigenvalue weighted by molar-refractivity contribution is -0.504. The molecule has 1 atom stereocenters. The highest BCUT2D eigenvalue weighted by Crippen LogP contribution is 2.35. The predicted molar refractivity (Wildman–Crippen MR) is 157 cm³/mol. The molecule has 13 heteroatoms. The molecule has 1 unspecified atom stereocenters. The fourth-order valence-corrected chi connectivity index (χ4v) is 5.18. The van der Waals surface area contributed by atoms with E-state index >= 15 is 0 Å². The van der Waals surface area contributed by atoms with Gasteiger partial charge in [0, 0.05) is 37.9 Å². The zero-order chi connectivity index (χ0) is 29.6. The van der Waals surface area contributed by atoms with Crippen molar-refractivity contribution in [1.82, 2.24) is 25.3 Å². The van der Waals surface area contributed by atoms with E-state index in [4.69, 9.17) is 24.2 Å². The molecule has 0 radical (unpaired) electrons. The summed E-state index contributed by atoms with van der Waals surface area (Å²) >= 11 is 0. The van der Waals surface area contributed by atoms with E-state index < -0.39 is 11.7 Å². The molecule has 12 nitrogen and oxygen atoms in total. The highest BCUT2D eigenvalue weighted by atomic mass is 19.1. The summed E-state index contributed by atoms with van der Waals surface area (Å²) in [5.41, 5.74) is 1.64. The fraction of sp³-hybridized carbons (Fsp3) is 0.467. The zero-order valence-electron chi connectivity index (χ0n) is 24.1. The molecule has 43 heavy (non-hydrogen) atoms. The molecule has 5 heterocycles. The molecule has 6 rings (SSSR count). The summed E-state index contributed by atoms with van der Waals surface area (Å²) in [6, 6.07) is 7.88. The standard InChI is InChI=1S/C30H35FN8O4/c1-30(28(40)35-16-22-4-2-15-41-22)17-42-27(43-18-30)26-37-24(20-5-7-21(31)8-6-20)25(38-26)23-9-11-34-29(36-23)33-10-3-13-39-14-12-32-19-39/h5-9,11-12,19,22,27H,2-4,10,13-18H2,1H3,(H2-,33,34,35,36,37,38,40)/p+1. The van der Waals surface area contributed by atoms with Gasteiger partial charge >= 0.3 is 0 Å². The molecule has 2 fully saturated rings. The quantitative estimate of drug-likeness (QED) is 0.229. The maximum absolute atomic E-state index is 13.8. The van der Waals surface area contributed by atoms with Crippen LogP contribution in [0.1, 0.15) is 38.3 Å². The van der Waals surface area contributed by atoms with Crippen LogP contribution in [0, 0.1) is 11.2 Å². The van der Waals surface area contributed by atoms with Crippen molar-refractivity contribution in [3.8, 4) is 22.6 Å². The van der Waals surface area contributed by atoms with Crippen LogP contribution in [0.3, 0.4) is 0 Å². The minimum absolute atomic E-state index is 0.0540. The van der Waals surface area contributed by atoms with Crippen molar-refractivity contribution in [3.63, 3.8) is 0 Å². The van der Waals surface area contributed by atoms with Gasteiger partial charge in [0.25, 0.3) is 6.34 Å². The molecular formula is C30H36FN8O4+. The molecule has 0 aliphatic carbocycles. The minimum Gasteiger partial charge on any atom is -0.376 e. The van der Waals surface area contributed by atoms with Crippen LogP contribution < -0.4 is 10.6 Å². The van der Waals surface area contributed by atoms with E-state index in [-0.39, 0.29) is 31.0 Å². The second kappa shape index (κ2) is 13.1. The first-order chi connectivity index (χ1) is 21.0. The summed E-state index contributed by atoms with van der Waals surface area (Å²) in [6.07, 6.45) is 7.48. The van der Waals surface area contributed by atoms with Crippen LogP contribution in [0.2, 0.25) is 0 Å². The number of halogens is 1. The van der Waals surface area contributed by atoms with E-state index in [9.17, 15) is 9.18 Å². The Bertz CT molecular complexity index is 1480. The Kier molecular flexibility index (Phi) is 8.82. The first-order valence-electron chi connectivity index (χ1n) is 14.6. The van der Waals surface area contributed by atoms with Crippen molar-refractivity contribution < 1.29 is 28.0 Å². The van der Waals surface area contributed by atoms with Crippen LogP contribution in [0.25, 0.3) is 22.6 Å². The Morgan fingerprint density at radius 3 is 2.74 bits per heavy atom. The number of imidazole rings is 1. The van der Waals surface area contributed by atoms with Crippen molar-refractivity contribution in [2.24, 2.45) is 10.4 Å². The molecule has 0 saturated carbocycles. The number of aromatic amines is 1. The second-order valence-electron chi connectivity index (χ2n) is 11.2. The average molecular weight is 592 g/mol. The van der Waals surface area contributed by atoms with Crippen LogP contribution >= 0.6 is 0 Å². The highest BCUT2D eigenvalue weighted by Gasteiger charge is 2.41. The third-order valence-electron chi connectivity index (χ3n) is 7.70. The van der Waals surface area contributed by atoms with E-state index in [1.807, 2.05) is 19.5 Å². The van der Waals surface area contributed by atoms with Gasteiger partial charge in [-0.1, -0.05) is 4.99 Å². The third kappa shape index (κ3) is 6.95. The van der Waals surface area contributed by atoms with Crippen LogP contribution in [0.5, 0.6) is 0 Å². The SMILES string of the molecule is CC1(C(=O)NCC2CCCO2)COC(c2nc(-c3ccc(F)cc3)c(-c3ccnc(NCCC[N+]4=CN=CC4)n3)[nH]2)OC1. The smallest absolute Gasteiger partial charge is 0.281 e. The van der Waals surface area contributed by atoms with Crippen LogP contribution in [0.15, 0.2) is 41.5 Å². The average Bonchev–Trinajstić information content (AvgIpc) is 3.82. The number of anilines is 1. The number of carbonyl (C=O) groups is 1. The predicted octanol–water partition coefficient (Wildman–Crippen LogP) is 2.95. The number of hydrogen-bond donors (Lipinski definition) is 3. The fourth-order valence-electron chi connectivity index (χ4n) is 5.18. The number of benzene rings is 1.